The molecule has 2 rings (SSSR count). The molecule has 0 bridgehead atoms. The molecule has 3 N–H and O–H groups in total. The van der Waals surface area contributed by atoms with Crippen LogP contribution in [0.3, 0.4) is 0 Å². The molecule has 1 unspecified atom stereocenters. The summed E-state index contributed by atoms with van der Waals surface area (Å²) in [6, 6.07) is 13.3. The summed E-state index contributed by atoms with van der Waals surface area (Å²) in [6.07, 6.45) is 1.14. The smallest absolute Gasteiger partial charge is 0.0447 e. The number of hydrogen-bond donors (Lipinski definition) is 2. The van der Waals surface area contributed by atoms with Gasteiger partial charge in [-0.1, -0.05) is 44.2 Å². The van der Waals surface area contributed by atoms with Crippen LogP contribution in [0, 0.1) is 5.92 Å². The van der Waals surface area contributed by atoms with Gasteiger partial charge in [0, 0.05) is 24.0 Å². The van der Waals surface area contributed by atoms with Crippen LogP contribution in [0.15, 0.2) is 41.8 Å². The minimum Gasteiger partial charge on any atom is -0.329 e. The highest BCUT2D eigenvalue weighted by molar-refractivity contribution is 7.09. The van der Waals surface area contributed by atoms with Crippen molar-refractivity contribution in [3.63, 3.8) is 0 Å². The number of thiophene rings is 1. The first-order valence-electron chi connectivity index (χ1n) is 7.23. The van der Waals surface area contributed by atoms with E-state index < -0.39 is 0 Å². The summed E-state index contributed by atoms with van der Waals surface area (Å²) in [4.78, 5) is 1.35. The van der Waals surface area contributed by atoms with Crippen LogP contribution < -0.4 is 11.1 Å². The van der Waals surface area contributed by atoms with E-state index in [1.807, 2.05) is 0 Å². The fraction of sp³-hybridized carbons (Fsp3) is 0.412. The van der Waals surface area contributed by atoms with Gasteiger partial charge in [-0.3, -0.25) is 0 Å². The van der Waals surface area contributed by atoms with E-state index >= 15 is 0 Å². The van der Waals surface area contributed by atoms with Gasteiger partial charge in [0.25, 0.3) is 0 Å². The maximum absolute atomic E-state index is 5.90. The van der Waals surface area contributed by atoms with Crippen molar-refractivity contribution in [3.05, 3.63) is 57.8 Å². The van der Waals surface area contributed by atoms with Crippen LogP contribution in [0.25, 0.3) is 0 Å². The van der Waals surface area contributed by atoms with Gasteiger partial charge in [0.05, 0.1) is 0 Å². The van der Waals surface area contributed by atoms with E-state index in [1.54, 1.807) is 11.3 Å². The van der Waals surface area contributed by atoms with Crippen molar-refractivity contribution in [2.45, 2.75) is 32.9 Å². The quantitative estimate of drug-likeness (QED) is 0.814. The lowest BCUT2D eigenvalue weighted by atomic mass is 9.99. The topological polar surface area (TPSA) is 38.0 Å². The lowest BCUT2D eigenvalue weighted by Crippen LogP contribution is -2.27. The molecule has 108 valence electrons. The van der Waals surface area contributed by atoms with E-state index in [1.165, 1.54) is 16.0 Å². The first-order valence-corrected chi connectivity index (χ1v) is 8.11. The van der Waals surface area contributed by atoms with Gasteiger partial charge in [-0.05, 0) is 34.9 Å². The van der Waals surface area contributed by atoms with Crippen LogP contribution in [-0.2, 0) is 13.0 Å². The molecule has 20 heavy (non-hydrogen) atoms. The van der Waals surface area contributed by atoms with E-state index in [2.05, 4.69) is 60.9 Å². The summed E-state index contributed by atoms with van der Waals surface area (Å²) >= 11 is 1.78. The Bertz CT molecular complexity index is 488. The normalized spacial score (nSPS) is 12.8. The van der Waals surface area contributed by atoms with Gasteiger partial charge < -0.3 is 11.1 Å². The van der Waals surface area contributed by atoms with Crippen molar-refractivity contribution in [1.82, 2.24) is 5.32 Å². The second kappa shape index (κ2) is 7.58. The molecule has 0 radical (unpaired) electrons. The molecule has 2 nitrogen and oxygen atoms in total. The minimum absolute atomic E-state index is 0.227. The Kier molecular flexibility index (Phi) is 5.77. The van der Waals surface area contributed by atoms with Crippen LogP contribution in [0.1, 0.15) is 35.9 Å². The predicted octanol–water partition coefficient (Wildman–Crippen LogP) is 3.74. The summed E-state index contributed by atoms with van der Waals surface area (Å²) in [6.45, 7) is 6.00. The Labute approximate surface area is 126 Å². The maximum atomic E-state index is 5.90. The highest BCUT2D eigenvalue weighted by Crippen LogP contribution is 2.17. The zero-order valence-corrected chi connectivity index (χ0v) is 13.1. The molecule has 0 fully saturated rings. The number of benzene rings is 1. The molecule has 1 aromatic carbocycles. The summed E-state index contributed by atoms with van der Waals surface area (Å²) in [5.74, 6) is 0.697. The molecule has 1 aromatic heterocycles. The van der Waals surface area contributed by atoms with Gasteiger partial charge in [0.2, 0.25) is 0 Å². The van der Waals surface area contributed by atoms with E-state index in [4.69, 9.17) is 5.73 Å². The van der Waals surface area contributed by atoms with Crippen molar-refractivity contribution in [1.29, 1.82) is 0 Å². The van der Waals surface area contributed by atoms with Crippen molar-refractivity contribution in [2.24, 2.45) is 11.7 Å². The third-order valence-electron chi connectivity index (χ3n) is 3.36. The lowest BCUT2D eigenvalue weighted by Gasteiger charge is -2.17. The van der Waals surface area contributed by atoms with E-state index in [-0.39, 0.29) is 6.04 Å². The number of rotatable bonds is 7. The van der Waals surface area contributed by atoms with Crippen molar-refractivity contribution in [3.8, 4) is 0 Å². The minimum atomic E-state index is 0.227. The molecule has 0 saturated carbocycles. The molecule has 0 spiro atoms. The molecule has 3 heteroatoms. The van der Waals surface area contributed by atoms with Gasteiger partial charge >= 0.3 is 0 Å². The first kappa shape index (κ1) is 15.2. The molecule has 0 aliphatic carbocycles. The average Bonchev–Trinajstić information content (AvgIpc) is 2.94. The monoisotopic (exact) mass is 288 g/mol. The number of nitrogens with two attached hydrogens (primary N) is 1. The fourth-order valence-corrected chi connectivity index (χ4v) is 2.99. The van der Waals surface area contributed by atoms with Crippen molar-refractivity contribution in [2.75, 3.05) is 6.54 Å². The molecule has 0 aliphatic rings. The molecule has 1 atom stereocenters. The Morgan fingerprint density at radius 1 is 1.15 bits per heavy atom. The third kappa shape index (κ3) is 4.44. The van der Waals surface area contributed by atoms with Crippen LogP contribution in [0.4, 0.5) is 0 Å². The molecule has 2 aromatic rings. The zero-order valence-electron chi connectivity index (χ0n) is 12.3. The Hall–Kier alpha value is -1.16. The second-order valence-electron chi connectivity index (χ2n) is 5.59. The average molecular weight is 288 g/mol. The van der Waals surface area contributed by atoms with E-state index in [9.17, 15) is 0 Å². The Morgan fingerprint density at radius 2 is 1.90 bits per heavy atom. The molecule has 0 amide bonds. The van der Waals surface area contributed by atoms with E-state index in [0.29, 0.717) is 12.5 Å². The fourth-order valence-electron chi connectivity index (χ4n) is 2.33. The van der Waals surface area contributed by atoms with Crippen LogP contribution in [0.5, 0.6) is 0 Å². The molecule has 0 aliphatic heterocycles. The van der Waals surface area contributed by atoms with Gasteiger partial charge in [-0.25, -0.2) is 0 Å². The lowest BCUT2D eigenvalue weighted by molar-refractivity contribution is 0.545. The highest BCUT2D eigenvalue weighted by Gasteiger charge is 2.09. The molecule has 1 heterocycles. The summed E-state index contributed by atoms with van der Waals surface area (Å²) in [5.41, 5.74) is 8.58. The standard InChI is InChI=1S/C17H24N2S/c1-13(2)10-14-5-7-15(8-6-14)17(11-18)19-12-16-4-3-9-20-16/h3-9,13,17,19H,10-12,18H2,1-2H3. The Morgan fingerprint density at radius 3 is 2.45 bits per heavy atom. The predicted molar refractivity (Wildman–Crippen MR) is 87.9 cm³/mol. The summed E-state index contributed by atoms with van der Waals surface area (Å²) < 4.78 is 0. The van der Waals surface area contributed by atoms with Crippen LogP contribution in [0.2, 0.25) is 0 Å². The molecule has 0 saturated heterocycles. The third-order valence-corrected chi connectivity index (χ3v) is 4.24. The van der Waals surface area contributed by atoms with Gasteiger partial charge in [0.15, 0.2) is 0 Å². The number of hydrogen-bond acceptors (Lipinski definition) is 3. The van der Waals surface area contributed by atoms with Gasteiger partial charge in [0.1, 0.15) is 0 Å². The van der Waals surface area contributed by atoms with E-state index in [0.717, 1.165) is 13.0 Å². The summed E-state index contributed by atoms with van der Waals surface area (Å²) in [7, 11) is 0. The maximum Gasteiger partial charge on any atom is 0.0447 e. The zero-order chi connectivity index (χ0) is 14.4. The highest BCUT2D eigenvalue weighted by atomic mass is 32.1. The SMILES string of the molecule is CC(C)Cc1ccc(C(CN)NCc2cccs2)cc1. The molecular weight excluding hydrogens is 264 g/mol. The first-order chi connectivity index (χ1) is 9.69. The van der Waals surface area contributed by atoms with Gasteiger partial charge in [-0.15, -0.1) is 11.3 Å². The number of nitrogens with one attached hydrogen (secondary N) is 1. The van der Waals surface area contributed by atoms with Crippen LogP contribution in [-0.4, -0.2) is 6.54 Å². The van der Waals surface area contributed by atoms with Gasteiger partial charge in [-0.2, -0.15) is 0 Å². The van der Waals surface area contributed by atoms with Crippen molar-refractivity contribution < 1.29 is 0 Å². The van der Waals surface area contributed by atoms with Crippen LogP contribution >= 0.6 is 11.3 Å². The molecular formula is C17H24N2S. The summed E-state index contributed by atoms with van der Waals surface area (Å²) in [5, 5.41) is 5.64. The Balaban J connectivity index is 1.96. The largest absolute Gasteiger partial charge is 0.329 e. The second-order valence-corrected chi connectivity index (χ2v) is 6.62. The van der Waals surface area contributed by atoms with Crippen molar-refractivity contribution >= 4 is 11.3 Å².